The van der Waals surface area contributed by atoms with Crippen molar-refractivity contribution in [2.75, 3.05) is 14.2 Å². The predicted molar refractivity (Wildman–Crippen MR) is 189 cm³/mol. The number of nitrogens with zero attached hydrogens (tertiary/aromatic N) is 2. The maximum Gasteiger partial charge on any atom is 0.311 e. The van der Waals surface area contributed by atoms with Gasteiger partial charge in [0.05, 0.1) is 38.4 Å². The van der Waals surface area contributed by atoms with Gasteiger partial charge in [0, 0.05) is 12.4 Å². The number of ether oxygens (including phenoxy) is 4. The van der Waals surface area contributed by atoms with E-state index in [2.05, 4.69) is 22.1 Å². The van der Waals surface area contributed by atoms with Gasteiger partial charge in [0.2, 0.25) is 0 Å². The zero-order valence-electron chi connectivity index (χ0n) is 26.5. The van der Waals surface area contributed by atoms with E-state index in [0.29, 0.717) is 11.5 Å². The number of hydrogen-bond donors (Lipinski definition) is 0. The molecule has 6 rings (SSSR count). The summed E-state index contributed by atoms with van der Waals surface area (Å²) in [6.07, 6.45) is 3.05. The van der Waals surface area contributed by atoms with Crippen molar-refractivity contribution in [1.29, 1.82) is 0 Å². The van der Waals surface area contributed by atoms with Gasteiger partial charge in [0.25, 0.3) is 0 Å². The smallest absolute Gasteiger partial charge is 0.311 e. The van der Waals surface area contributed by atoms with E-state index < -0.39 is 11.9 Å². The van der Waals surface area contributed by atoms with Crippen molar-refractivity contribution in [2.45, 2.75) is 12.8 Å². The Bertz CT molecular complexity index is 2020. The summed E-state index contributed by atoms with van der Waals surface area (Å²) < 4.78 is 21.9. The van der Waals surface area contributed by atoms with Crippen LogP contribution >= 0.6 is 0 Å². The van der Waals surface area contributed by atoms with Crippen LogP contribution in [0.15, 0.2) is 131 Å². The fourth-order valence-corrected chi connectivity index (χ4v) is 5.06. The molecule has 8 nitrogen and oxygen atoms in total. The number of hydrogen-bond acceptors (Lipinski definition) is 8. The van der Waals surface area contributed by atoms with E-state index in [9.17, 15) is 9.59 Å². The van der Waals surface area contributed by atoms with Gasteiger partial charge >= 0.3 is 11.9 Å². The Morgan fingerprint density at radius 1 is 0.500 bits per heavy atom. The summed E-state index contributed by atoms with van der Waals surface area (Å²) in [5, 5.41) is 4.49. The standard InChI is InChI=1S/C40H32N2O6/c1-45-37-21-27(25-41-33-15-13-29-7-3-5-9-31(29)23-33)11-17-35(37)47-39(43)19-20-40(44)48-36-18-12-28(22-38(36)46-2)26-42-34-16-14-30-8-4-6-10-32(30)24-34/h3-18,21-26H,19-20H2,1-2H3. The number of benzene rings is 6. The highest BCUT2D eigenvalue weighted by molar-refractivity contribution is 5.90. The first-order valence-corrected chi connectivity index (χ1v) is 15.3. The van der Waals surface area contributed by atoms with Crippen LogP contribution in [0.2, 0.25) is 0 Å². The quantitative estimate of drug-likeness (QED) is 0.0801. The third-order valence-corrected chi connectivity index (χ3v) is 7.55. The van der Waals surface area contributed by atoms with Crippen LogP contribution in [-0.4, -0.2) is 38.6 Å². The van der Waals surface area contributed by atoms with E-state index in [1.165, 1.54) is 14.2 Å². The molecule has 6 aromatic carbocycles. The summed E-state index contributed by atoms with van der Waals surface area (Å²) in [5.74, 6) is -0.00232. The van der Waals surface area contributed by atoms with Crippen LogP contribution in [0.5, 0.6) is 23.0 Å². The van der Waals surface area contributed by atoms with Gasteiger partial charge in [0.1, 0.15) is 0 Å². The minimum Gasteiger partial charge on any atom is -0.493 e. The van der Waals surface area contributed by atoms with Gasteiger partial charge in [-0.25, -0.2) is 0 Å². The SMILES string of the molecule is COc1cc(C=Nc2ccc3ccccc3c2)ccc1OC(=O)CCC(=O)Oc1ccc(C=Nc2ccc3ccccc3c2)cc1OC. The molecule has 0 aliphatic heterocycles. The zero-order valence-corrected chi connectivity index (χ0v) is 26.5. The summed E-state index contributed by atoms with van der Waals surface area (Å²) in [4.78, 5) is 34.4. The first kappa shape index (κ1) is 31.7. The predicted octanol–water partition coefficient (Wildman–Crippen LogP) is 8.80. The van der Waals surface area contributed by atoms with Crippen LogP contribution in [0, 0.1) is 0 Å². The zero-order chi connectivity index (χ0) is 33.3. The maximum atomic E-state index is 12.6. The van der Waals surface area contributed by atoms with Gasteiger partial charge < -0.3 is 18.9 Å². The largest absolute Gasteiger partial charge is 0.493 e. The molecule has 0 aliphatic carbocycles. The van der Waals surface area contributed by atoms with Crippen molar-refractivity contribution in [3.8, 4) is 23.0 Å². The molecule has 0 unspecified atom stereocenters. The molecular formula is C40H32N2O6. The first-order valence-electron chi connectivity index (χ1n) is 15.3. The van der Waals surface area contributed by atoms with Crippen molar-refractivity contribution < 1.29 is 28.5 Å². The lowest BCUT2D eigenvalue weighted by Crippen LogP contribution is -2.14. The lowest BCUT2D eigenvalue weighted by molar-refractivity contribution is -0.140. The number of carbonyl (C=O) groups excluding carboxylic acids is 2. The highest BCUT2D eigenvalue weighted by atomic mass is 16.6. The fraction of sp³-hybridized carbons (Fsp3) is 0.100. The summed E-state index contributed by atoms with van der Waals surface area (Å²) >= 11 is 0. The first-order chi connectivity index (χ1) is 23.5. The number of fused-ring (bicyclic) bond motifs is 2. The van der Waals surface area contributed by atoms with Crippen molar-refractivity contribution in [1.82, 2.24) is 0 Å². The summed E-state index contributed by atoms with van der Waals surface area (Å²) in [5.41, 5.74) is 3.16. The minimum atomic E-state index is -0.602. The Morgan fingerprint density at radius 2 is 0.917 bits per heavy atom. The summed E-state index contributed by atoms with van der Waals surface area (Å²) in [6, 6.07) is 38.4. The molecule has 0 fully saturated rings. The lowest BCUT2D eigenvalue weighted by atomic mass is 10.1. The molecule has 0 heterocycles. The average Bonchev–Trinajstić information content (AvgIpc) is 3.12. The number of esters is 2. The van der Waals surface area contributed by atoms with Crippen molar-refractivity contribution >= 4 is 57.3 Å². The Kier molecular flexibility index (Phi) is 9.82. The molecule has 0 aliphatic rings. The van der Waals surface area contributed by atoms with Crippen molar-refractivity contribution in [3.05, 3.63) is 132 Å². The molecule has 0 spiro atoms. The van der Waals surface area contributed by atoms with E-state index >= 15 is 0 Å². The molecule has 238 valence electrons. The molecule has 0 amide bonds. The molecule has 0 radical (unpaired) electrons. The van der Waals surface area contributed by atoms with E-state index in [0.717, 1.165) is 44.0 Å². The molecule has 0 saturated carbocycles. The highest BCUT2D eigenvalue weighted by Gasteiger charge is 2.16. The molecule has 0 aromatic heterocycles. The Morgan fingerprint density at radius 3 is 1.33 bits per heavy atom. The van der Waals surface area contributed by atoms with Crippen LogP contribution in [-0.2, 0) is 9.59 Å². The molecular weight excluding hydrogens is 604 g/mol. The monoisotopic (exact) mass is 636 g/mol. The third kappa shape index (κ3) is 7.92. The van der Waals surface area contributed by atoms with Crippen molar-refractivity contribution in [3.63, 3.8) is 0 Å². The Labute approximate surface area is 277 Å². The minimum absolute atomic E-state index is 0.189. The topological polar surface area (TPSA) is 95.8 Å². The van der Waals surface area contributed by atoms with Crippen LogP contribution in [0.1, 0.15) is 24.0 Å². The summed E-state index contributed by atoms with van der Waals surface area (Å²) in [6.45, 7) is 0. The summed E-state index contributed by atoms with van der Waals surface area (Å²) in [7, 11) is 2.98. The molecule has 48 heavy (non-hydrogen) atoms. The van der Waals surface area contributed by atoms with Crippen molar-refractivity contribution in [2.24, 2.45) is 9.98 Å². The highest BCUT2D eigenvalue weighted by Crippen LogP contribution is 2.30. The molecule has 6 aromatic rings. The normalized spacial score (nSPS) is 11.3. The van der Waals surface area contributed by atoms with Gasteiger partial charge in [-0.05, 0) is 93.3 Å². The molecule has 0 bridgehead atoms. The van der Waals surface area contributed by atoms with Gasteiger partial charge in [-0.1, -0.05) is 60.7 Å². The average molecular weight is 637 g/mol. The maximum absolute atomic E-state index is 12.6. The van der Waals surface area contributed by atoms with Gasteiger partial charge in [-0.3, -0.25) is 19.6 Å². The number of rotatable bonds is 11. The number of aliphatic imine (C=N–C) groups is 2. The van der Waals surface area contributed by atoms with Crippen LogP contribution in [0.3, 0.4) is 0 Å². The van der Waals surface area contributed by atoms with Crippen LogP contribution < -0.4 is 18.9 Å². The van der Waals surface area contributed by atoms with Crippen LogP contribution in [0.25, 0.3) is 21.5 Å². The lowest BCUT2D eigenvalue weighted by Gasteiger charge is -2.11. The molecule has 8 heteroatoms. The fourth-order valence-electron chi connectivity index (χ4n) is 5.06. The molecule has 0 N–H and O–H groups in total. The molecule has 0 atom stereocenters. The Hall–Kier alpha value is -6.28. The van der Waals surface area contributed by atoms with E-state index in [1.807, 2.05) is 72.8 Å². The second-order valence-corrected chi connectivity index (χ2v) is 10.8. The molecule has 0 saturated heterocycles. The number of carbonyl (C=O) groups is 2. The van der Waals surface area contributed by atoms with Gasteiger partial charge in [-0.2, -0.15) is 0 Å². The van der Waals surface area contributed by atoms with E-state index in [1.54, 1.807) is 48.8 Å². The second-order valence-electron chi connectivity index (χ2n) is 10.8. The third-order valence-electron chi connectivity index (χ3n) is 7.55. The second kappa shape index (κ2) is 14.9. The van der Waals surface area contributed by atoms with Gasteiger partial charge in [0.15, 0.2) is 23.0 Å². The van der Waals surface area contributed by atoms with Gasteiger partial charge in [-0.15, -0.1) is 0 Å². The van der Waals surface area contributed by atoms with E-state index in [-0.39, 0.29) is 24.3 Å². The van der Waals surface area contributed by atoms with E-state index in [4.69, 9.17) is 18.9 Å². The van der Waals surface area contributed by atoms with Crippen LogP contribution in [0.4, 0.5) is 11.4 Å². The Balaban J connectivity index is 1.02. The number of methoxy groups -OCH3 is 2.